The number of methoxy groups -OCH3 is 2. The van der Waals surface area contributed by atoms with E-state index >= 15 is 0 Å². The maximum Gasteiger partial charge on any atom is 0.204 e. The Morgan fingerprint density at radius 1 is 1.17 bits per heavy atom. The molecular weight excluding hydrogens is 310 g/mol. The summed E-state index contributed by atoms with van der Waals surface area (Å²) in [6.07, 6.45) is 2.19. The Balaban J connectivity index is 2.76. The van der Waals surface area contributed by atoms with E-state index in [1.54, 1.807) is 14.2 Å². The molecule has 0 radical (unpaired) electrons. The summed E-state index contributed by atoms with van der Waals surface area (Å²) < 4.78 is 16.2. The molecule has 0 unspecified atom stereocenters. The van der Waals surface area contributed by atoms with E-state index in [0.717, 1.165) is 18.4 Å². The fourth-order valence-corrected chi connectivity index (χ4v) is 2.59. The van der Waals surface area contributed by atoms with Gasteiger partial charge in [-0.2, -0.15) is 0 Å². The molecule has 1 aromatic rings. The molecule has 0 amide bonds. The lowest BCUT2D eigenvalue weighted by molar-refractivity contribution is -0.481. The fourth-order valence-electron chi connectivity index (χ4n) is 2.59. The van der Waals surface area contributed by atoms with Crippen LogP contribution < -0.4 is 9.47 Å². The van der Waals surface area contributed by atoms with Gasteiger partial charge >= 0.3 is 0 Å². The second-order valence-electron chi connectivity index (χ2n) is 6.23. The first-order chi connectivity index (χ1) is 11.5. The number of ether oxygens (including phenoxy) is 3. The maximum absolute atomic E-state index is 10.6. The van der Waals surface area contributed by atoms with Gasteiger partial charge in [-0.05, 0) is 36.0 Å². The zero-order valence-corrected chi connectivity index (χ0v) is 15.1. The lowest BCUT2D eigenvalue weighted by Gasteiger charge is -2.20. The summed E-state index contributed by atoms with van der Waals surface area (Å²) in [4.78, 5) is 10.4. The minimum absolute atomic E-state index is 0.0133. The molecule has 0 aromatic heterocycles. The second-order valence-corrected chi connectivity index (χ2v) is 6.23. The van der Waals surface area contributed by atoms with E-state index in [1.807, 2.05) is 18.2 Å². The minimum atomic E-state index is -0.242. The van der Waals surface area contributed by atoms with Crippen LogP contribution in [0.25, 0.3) is 0 Å². The molecule has 1 atom stereocenters. The molecule has 6 heteroatoms. The summed E-state index contributed by atoms with van der Waals surface area (Å²) in [6, 6.07) is 5.88. The predicted octanol–water partition coefficient (Wildman–Crippen LogP) is 3.59. The normalized spacial score (nSPS) is 12.2. The monoisotopic (exact) mass is 339 g/mol. The molecule has 0 spiro atoms. The number of hydrogen-bond donors (Lipinski definition) is 0. The molecule has 0 heterocycles. The highest BCUT2D eigenvalue weighted by Gasteiger charge is 2.18. The van der Waals surface area contributed by atoms with Crippen LogP contribution >= 0.6 is 0 Å². The van der Waals surface area contributed by atoms with E-state index in [-0.39, 0.29) is 17.4 Å². The van der Waals surface area contributed by atoms with Crippen LogP contribution in [0.15, 0.2) is 18.2 Å². The van der Waals surface area contributed by atoms with Gasteiger partial charge in [-0.15, -0.1) is 0 Å². The second kappa shape index (κ2) is 10.9. The Labute approximate surface area is 144 Å². The van der Waals surface area contributed by atoms with E-state index in [2.05, 4.69) is 13.8 Å². The minimum Gasteiger partial charge on any atom is -0.493 e. The molecule has 0 bridgehead atoms. The van der Waals surface area contributed by atoms with Crippen LogP contribution in [0, 0.1) is 22.0 Å². The number of hydrogen-bond acceptors (Lipinski definition) is 5. The first kappa shape index (κ1) is 20.2. The largest absolute Gasteiger partial charge is 0.493 e. The maximum atomic E-state index is 10.6. The van der Waals surface area contributed by atoms with Crippen molar-refractivity contribution in [1.82, 2.24) is 0 Å². The molecule has 0 saturated heterocycles. The molecular formula is C18H29NO5. The van der Waals surface area contributed by atoms with E-state index in [1.165, 1.54) is 0 Å². The third kappa shape index (κ3) is 7.17. The van der Waals surface area contributed by atoms with Crippen molar-refractivity contribution in [1.29, 1.82) is 0 Å². The lowest BCUT2D eigenvalue weighted by Crippen LogP contribution is -2.16. The first-order valence-corrected chi connectivity index (χ1v) is 8.38. The van der Waals surface area contributed by atoms with Crippen molar-refractivity contribution in [3.63, 3.8) is 0 Å². The fraction of sp³-hybridized carbons (Fsp3) is 0.667. The highest BCUT2D eigenvalue weighted by Crippen LogP contribution is 2.30. The molecule has 136 valence electrons. The van der Waals surface area contributed by atoms with E-state index in [4.69, 9.17) is 14.2 Å². The average Bonchev–Trinajstić information content (AvgIpc) is 2.55. The third-order valence-corrected chi connectivity index (χ3v) is 4.10. The summed E-state index contributed by atoms with van der Waals surface area (Å²) in [5.41, 5.74) is 1.11. The standard InChI is InChI=1S/C18H29NO5/c1-14(2)16(8-9-19(20)21)12-15-6-7-17(23-4)18(13-15)24-11-5-10-22-3/h6-7,13-14,16H,5,8-12H2,1-4H3/t16-/m1/s1. The Hall–Kier alpha value is -1.82. The zero-order chi connectivity index (χ0) is 17.9. The van der Waals surface area contributed by atoms with Crippen LogP contribution in [0.1, 0.15) is 32.3 Å². The number of nitro groups is 1. The van der Waals surface area contributed by atoms with Gasteiger partial charge in [0.2, 0.25) is 6.54 Å². The number of benzene rings is 1. The Morgan fingerprint density at radius 3 is 2.50 bits per heavy atom. The van der Waals surface area contributed by atoms with Crippen LogP contribution in [-0.2, 0) is 11.2 Å². The molecule has 0 fully saturated rings. The van der Waals surface area contributed by atoms with Crippen molar-refractivity contribution in [3.8, 4) is 11.5 Å². The van der Waals surface area contributed by atoms with Crippen LogP contribution in [0.4, 0.5) is 0 Å². The van der Waals surface area contributed by atoms with Gasteiger partial charge in [0.25, 0.3) is 0 Å². The Bertz CT molecular complexity index is 504. The molecule has 6 nitrogen and oxygen atoms in total. The van der Waals surface area contributed by atoms with Gasteiger partial charge in [-0.25, -0.2) is 0 Å². The van der Waals surface area contributed by atoms with Gasteiger partial charge in [0, 0.05) is 31.5 Å². The molecule has 0 aliphatic carbocycles. The highest BCUT2D eigenvalue weighted by molar-refractivity contribution is 5.43. The van der Waals surface area contributed by atoms with Crippen molar-refractivity contribution < 1.29 is 19.1 Å². The molecule has 0 aliphatic rings. The molecule has 0 saturated carbocycles. The molecule has 0 N–H and O–H groups in total. The van der Waals surface area contributed by atoms with Crippen LogP contribution in [-0.4, -0.2) is 38.9 Å². The van der Waals surface area contributed by atoms with Gasteiger partial charge in [-0.3, -0.25) is 10.1 Å². The van der Waals surface area contributed by atoms with Crippen molar-refractivity contribution in [2.75, 3.05) is 34.0 Å². The average molecular weight is 339 g/mol. The topological polar surface area (TPSA) is 70.8 Å². The summed E-state index contributed by atoms with van der Waals surface area (Å²) in [5, 5.41) is 10.6. The van der Waals surface area contributed by atoms with Gasteiger partial charge < -0.3 is 14.2 Å². The summed E-state index contributed by atoms with van der Waals surface area (Å²) in [5.74, 6) is 2.06. The SMILES string of the molecule is COCCCOc1cc(C[C@@H](CC[N+](=O)[O-])C(C)C)ccc1OC. The highest BCUT2D eigenvalue weighted by atomic mass is 16.6. The molecule has 1 aromatic carbocycles. The third-order valence-electron chi connectivity index (χ3n) is 4.10. The van der Waals surface area contributed by atoms with Crippen LogP contribution in [0.5, 0.6) is 11.5 Å². The van der Waals surface area contributed by atoms with Crippen molar-refractivity contribution in [2.45, 2.75) is 33.1 Å². The van der Waals surface area contributed by atoms with Gasteiger partial charge in [-0.1, -0.05) is 19.9 Å². The molecule has 0 aliphatic heterocycles. The van der Waals surface area contributed by atoms with Gasteiger partial charge in [0.15, 0.2) is 11.5 Å². The summed E-state index contributed by atoms with van der Waals surface area (Å²) in [7, 11) is 3.28. The van der Waals surface area contributed by atoms with Crippen LogP contribution in [0.3, 0.4) is 0 Å². The van der Waals surface area contributed by atoms with E-state index in [0.29, 0.717) is 37.1 Å². The van der Waals surface area contributed by atoms with Crippen molar-refractivity contribution in [3.05, 3.63) is 33.9 Å². The number of rotatable bonds is 12. The van der Waals surface area contributed by atoms with Crippen molar-refractivity contribution >= 4 is 0 Å². The van der Waals surface area contributed by atoms with Crippen molar-refractivity contribution in [2.24, 2.45) is 11.8 Å². The summed E-state index contributed by atoms with van der Waals surface area (Å²) in [6.45, 7) is 5.44. The molecule has 24 heavy (non-hydrogen) atoms. The summed E-state index contributed by atoms with van der Waals surface area (Å²) >= 11 is 0. The Morgan fingerprint density at radius 2 is 1.92 bits per heavy atom. The predicted molar refractivity (Wildman–Crippen MR) is 93.5 cm³/mol. The van der Waals surface area contributed by atoms with E-state index < -0.39 is 0 Å². The van der Waals surface area contributed by atoms with Gasteiger partial charge in [0.1, 0.15) is 0 Å². The number of nitrogens with zero attached hydrogens (tertiary/aromatic N) is 1. The first-order valence-electron chi connectivity index (χ1n) is 8.38. The lowest BCUT2D eigenvalue weighted by atomic mass is 9.86. The smallest absolute Gasteiger partial charge is 0.204 e. The molecule has 1 rings (SSSR count). The van der Waals surface area contributed by atoms with Crippen LogP contribution in [0.2, 0.25) is 0 Å². The zero-order valence-electron chi connectivity index (χ0n) is 15.1. The van der Waals surface area contributed by atoms with Gasteiger partial charge in [0.05, 0.1) is 13.7 Å². The van der Waals surface area contributed by atoms with E-state index in [9.17, 15) is 10.1 Å². The quantitative estimate of drug-likeness (QED) is 0.331. The Kier molecular flexibility index (Phi) is 9.15.